The Morgan fingerprint density at radius 3 is 1.40 bits per heavy atom. The lowest BCUT2D eigenvalue weighted by Crippen LogP contribution is -2.70. The molecular weight excluding hydrogens is 326 g/mol. The quantitative estimate of drug-likeness (QED) is 0.471. The van der Waals surface area contributed by atoms with E-state index in [4.69, 9.17) is 10.4 Å². The Morgan fingerprint density at radius 1 is 0.800 bits per heavy atom. The Labute approximate surface area is 101 Å². The molecule has 0 aromatic heterocycles. The van der Waals surface area contributed by atoms with Gasteiger partial charge in [0.05, 0.1) is 0 Å². The van der Waals surface area contributed by atoms with Gasteiger partial charge in [0.15, 0.2) is 0 Å². The highest BCUT2D eigenvalue weighted by molar-refractivity contribution is 5.78. The number of hydrogen-bond acceptors (Lipinski definition) is 4. The van der Waals surface area contributed by atoms with Gasteiger partial charge in [0.25, 0.3) is 0 Å². The molecule has 0 spiro atoms. The maximum atomic E-state index is 12.8. The van der Waals surface area contributed by atoms with Gasteiger partial charge in [0, 0.05) is 0 Å². The van der Waals surface area contributed by atoms with Gasteiger partial charge in [-0.15, -0.1) is 0 Å². The van der Waals surface area contributed by atoms with Gasteiger partial charge in [-0.3, -0.25) is 4.89 Å². The standard InChI is InChI=1S/C6H2F10O4/c7-2(8,1(17)20-19)5(13,18)3(9,10)4(11,12)6(14,15)16/h18-19H. The first-order valence-corrected chi connectivity index (χ1v) is 3.95. The van der Waals surface area contributed by atoms with Crippen molar-refractivity contribution in [2.45, 2.75) is 29.8 Å². The van der Waals surface area contributed by atoms with Gasteiger partial charge < -0.3 is 5.11 Å². The maximum absolute atomic E-state index is 12.8. The molecule has 0 radical (unpaired) electrons. The predicted octanol–water partition coefficient (Wildman–Crippen LogP) is 2.13. The summed E-state index contributed by atoms with van der Waals surface area (Å²) in [5.41, 5.74) is 0. The molecule has 1 unspecified atom stereocenters. The molecule has 0 aliphatic carbocycles. The van der Waals surface area contributed by atoms with Crippen molar-refractivity contribution >= 4 is 5.97 Å². The molecule has 0 heterocycles. The first kappa shape index (κ1) is 18.7. The normalized spacial score (nSPS) is 17.6. The molecule has 0 bridgehead atoms. The fourth-order valence-electron chi connectivity index (χ4n) is 0.776. The van der Waals surface area contributed by atoms with Gasteiger partial charge in [0.2, 0.25) is 0 Å². The SMILES string of the molecule is O=C(OO)C(F)(F)C(O)(F)C(F)(F)C(F)(F)C(F)(F)F. The van der Waals surface area contributed by atoms with Crippen LogP contribution in [0.1, 0.15) is 0 Å². The lowest BCUT2D eigenvalue weighted by molar-refractivity contribution is -0.436. The van der Waals surface area contributed by atoms with Crippen LogP contribution in [0.3, 0.4) is 0 Å². The molecule has 0 aromatic rings. The van der Waals surface area contributed by atoms with Crippen molar-refractivity contribution in [1.82, 2.24) is 0 Å². The third-order valence-electron chi connectivity index (χ3n) is 1.92. The summed E-state index contributed by atoms with van der Waals surface area (Å²) in [6, 6.07) is 0. The number of carbonyl (C=O) groups is 1. The van der Waals surface area contributed by atoms with Crippen LogP contribution in [0.5, 0.6) is 0 Å². The van der Waals surface area contributed by atoms with E-state index in [1.165, 1.54) is 0 Å². The Hall–Kier alpha value is -1.31. The van der Waals surface area contributed by atoms with Gasteiger partial charge in [-0.05, 0) is 0 Å². The van der Waals surface area contributed by atoms with Gasteiger partial charge in [-0.2, -0.15) is 49.2 Å². The highest BCUT2D eigenvalue weighted by Gasteiger charge is 2.87. The van der Waals surface area contributed by atoms with Crippen LogP contribution in [0.15, 0.2) is 0 Å². The second-order valence-electron chi connectivity index (χ2n) is 3.22. The Morgan fingerprint density at radius 2 is 1.15 bits per heavy atom. The molecule has 4 nitrogen and oxygen atoms in total. The number of aliphatic hydroxyl groups is 1. The molecule has 0 amide bonds. The fraction of sp³-hybridized carbons (Fsp3) is 0.833. The molecular formula is C6H2F10O4. The van der Waals surface area contributed by atoms with Crippen molar-refractivity contribution in [1.29, 1.82) is 0 Å². The first-order valence-electron chi connectivity index (χ1n) is 3.95. The van der Waals surface area contributed by atoms with E-state index < -0.39 is 35.8 Å². The van der Waals surface area contributed by atoms with Gasteiger partial charge in [-0.25, -0.2) is 4.79 Å². The second kappa shape index (κ2) is 4.61. The largest absolute Gasteiger partial charge is 0.460 e. The average Bonchev–Trinajstić information content (AvgIpc) is 2.25. The van der Waals surface area contributed by atoms with Gasteiger partial charge in [0.1, 0.15) is 0 Å². The summed E-state index contributed by atoms with van der Waals surface area (Å²) < 4.78 is 123. The third-order valence-corrected chi connectivity index (χ3v) is 1.92. The molecule has 14 heteroatoms. The Balaban J connectivity index is 6.00. The average molecular weight is 328 g/mol. The molecule has 0 aliphatic rings. The van der Waals surface area contributed by atoms with E-state index in [-0.39, 0.29) is 0 Å². The van der Waals surface area contributed by atoms with Crippen LogP contribution in [-0.2, 0) is 9.68 Å². The Bertz CT molecular complexity index is 386. The van der Waals surface area contributed by atoms with Crippen molar-refractivity contribution in [2.24, 2.45) is 0 Å². The van der Waals surface area contributed by atoms with Crippen LogP contribution in [0.25, 0.3) is 0 Å². The highest BCUT2D eigenvalue weighted by Crippen LogP contribution is 2.55. The molecule has 0 saturated heterocycles. The Kier molecular flexibility index (Phi) is 4.31. The molecule has 120 valence electrons. The van der Waals surface area contributed by atoms with Crippen LogP contribution in [0.2, 0.25) is 0 Å². The van der Waals surface area contributed by atoms with Crippen LogP contribution in [0, 0.1) is 0 Å². The van der Waals surface area contributed by atoms with E-state index in [0.29, 0.717) is 0 Å². The van der Waals surface area contributed by atoms with E-state index >= 15 is 0 Å². The summed E-state index contributed by atoms with van der Waals surface area (Å²) in [6.07, 6.45) is -7.24. The zero-order chi connectivity index (χ0) is 16.8. The van der Waals surface area contributed by atoms with Crippen LogP contribution in [0.4, 0.5) is 43.9 Å². The van der Waals surface area contributed by atoms with Crippen LogP contribution >= 0.6 is 0 Å². The molecule has 20 heavy (non-hydrogen) atoms. The van der Waals surface area contributed by atoms with Crippen molar-refractivity contribution in [3.8, 4) is 0 Å². The lowest BCUT2D eigenvalue weighted by atomic mass is 9.97. The number of hydrogen-bond donors (Lipinski definition) is 2. The minimum Gasteiger partial charge on any atom is -0.352 e. The number of halogens is 10. The van der Waals surface area contributed by atoms with Gasteiger partial charge >= 0.3 is 35.8 Å². The molecule has 2 N–H and O–H groups in total. The fourth-order valence-corrected chi connectivity index (χ4v) is 0.776. The molecule has 0 aliphatic heterocycles. The van der Waals surface area contributed by atoms with Crippen molar-refractivity contribution in [3.05, 3.63) is 0 Å². The summed E-state index contributed by atoms with van der Waals surface area (Å²) in [4.78, 5) is 12.1. The number of carbonyl (C=O) groups excluding carboxylic acids is 1. The minimum absolute atomic E-state index is 2.05. The zero-order valence-electron chi connectivity index (χ0n) is 8.49. The van der Waals surface area contributed by atoms with Crippen LogP contribution in [-0.4, -0.2) is 46.1 Å². The molecule has 0 saturated carbocycles. The molecule has 0 aromatic carbocycles. The summed E-state index contributed by atoms with van der Waals surface area (Å²) in [5, 5.41) is 15.4. The summed E-state index contributed by atoms with van der Waals surface area (Å²) in [5.74, 6) is -32.3. The van der Waals surface area contributed by atoms with Crippen molar-refractivity contribution in [3.63, 3.8) is 0 Å². The van der Waals surface area contributed by atoms with E-state index in [9.17, 15) is 48.7 Å². The third kappa shape index (κ3) is 2.25. The predicted molar refractivity (Wildman–Crippen MR) is 35.7 cm³/mol. The molecule has 0 rings (SSSR count). The second-order valence-corrected chi connectivity index (χ2v) is 3.22. The van der Waals surface area contributed by atoms with Crippen molar-refractivity contribution < 1.29 is 64.0 Å². The van der Waals surface area contributed by atoms with E-state index in [2.05, 4.69) is 0 Å². The van der Waals surface area contributed by atoms with Gasteiger partial charge in [-0.1, -0.05) is 0 Å². The molecule has 1 atom stereocenters. The van der Waals surface area contributed by atoms with E-state index in [1.54, 1.807) is 0 Å². The molecule has 0 fully saturated rings. The zero-order valence-corrected chi connectivity index (χ0v) is 8.49. The topological polar surface area (TPSA) is 66.8 Å². The summed E-state index contributed by atoms with van der Waals surface area (Å²) in [6.45, 7) is 0. The van der Waals surface area contributed by atoms with E-state index in [1.807, 2.05) is 4.89 Å². The summed E-state index contributed by atoms with van der Waals surface area (Å²) >= 11 is 0. The minimum atomic E-state index is -7.49. The monoisotopic (exact) mass is 328 g/mol. The maximum Gasteiger partial charge on any atom is 0.460 e. The van der Waals surface area contributed by atoms with Crippen LogP contribution < -0.4 is 0 Å². The van der Waals surface area contributed by atoms with E-state index in [0.717, 1.165) is 0 Å². The summed E-state index contributed by atoms with van der Waals surface area (Å²) in [7, 11) is 0. The lowest BCUT2D eigenvalue weighted by Gasteiger charge is -2.37. The number of alkyl halides is 10. The first-order chi connectivity index (χ1) is 8.48. The van der Waals surface area contributed by atoms with Crippen molar-refractivity contribution in [2.75, 3.05) is 0 Å². The highest BCUT2D eigenvalue weighted by atomic mass is 19.4. The smallest absolute Gasteiger partial charge is 0.352 e. The number of rotatable bonds is 4.